The van der Waals surface area contributed by atoms with Crippen LogP contribution in [0.1, 0.15) is 24.9 Å². The lowest BCUT2D eigenvalue weighted by atomic mass is 10.2. The van der Waals surface area contributed by atoms with Gasteiger partial charge < -0.3 is 5.32 Å². The van der Waals surface area contributed by atoms with Crippen LogP contribution in [0.3, 0.4) is 0 Å². The van der Waals surface area contributed by atoms with Crippen molar-refractivity contribution < 1.29 is 9.59 Å². The van der Waals surface area contributed by atoms with E-state index in [-0.39, 0.29) is 5.91 Å². The molecule has 2 aromatic rings. The summed E-state index contributed by atoms with van der Waals surface area (Å²) in [6, 6.07) is 8.33. The normalized spacial score (nSPS) is 10.2. The Hall–Kier alpha value is -1.36. The Kier molecular flexibility index (Phi) is 4.58. The van der Waals surface area contributed by atoms with E-state index >= 15 is 0 Å². The number of thiophene rings is 1. The molecule has 0 fully saturated rings. The second kappa shape index (κ2) is 6.19. The van der Waals surface area contributed by atoms with Crippen molar-refractivity contribution in [1.29, 1.82) is 0 Å². The van der Waals surface area contributed by atoms with E-state index in [1.807, 2.05) is 0 Å². The van der Waals surface area contributed by atoms with Crippen LogP contribution in [0, 0.1) is 0 Å². The van der Waals surface area contributed by atoms with E-state index in [0.29, 0.717) is 26.3 Å². The summed E-state index contributed by atoms with van der Waals surface area (Å²) in [6.07, 6.45) is 0.720. The van der Waals surface area contributed by atoms with Crippen LogP contribution in [0.25, 0.3) is 0 Å². The molecule has 1 aromatic carbocycles. The predicted molar refractivity (Wildman–Crippen MR) is 77.3 cm³/mol. The number of aldehydes is 1. The van der Waals surface area contributed by atoms with Gasteiger partial charge in [-0.05, 0) is 29.8 Å². The van der Waals surface area contributed by atoms with Gasteiger partial charge >= 0.3 is 0 Å². The average Bonchev–Trinajstić information content (AvgIpc) is 2.86. The third-order valence-electron chi connectivity index (χ3n) is 2.42. The van der Waals surface area contributed by atoms with Gasteiger partial charge in [-0.1, -0.05) is 29.3 Å². The second-order valence-corrected chi connectivity index (χ2v) is 5.70. The molecule has 6 heteroatoms. The van der Waals surface area contributed by atoms with E-state index in [4.69, 9.17) is 23.2 Å². The lowest BCUT2D eigenvalue weighted by Crippen LogP contribution is -2.21. The van der Waals surface area contributed by atoms with Gasteiger partial charge in [0.2, 0.25) is 0 Å². The fourth-order valence-electron chi connectivity index (χ4n) is 1.47. The summed E-state index contributed by atoms with van der Waals surface area (Å²) < 4.78 is 0. The number of hydrogen-bond acceptors (Lipinski definition) is 3. The van der Waals surface area contributed by atoms with Crippen LogP contribution in [0.2, 0.25) is 10.0 Å². The molecule has 0 aliphatic carbocycles. The summed E-state index contributed by atoms with van der Waals surface area (Å²) in [6.45, 7) is 0.309. The first-order valence-electron chi connectivity index (χ1n) is 5.37. The Balaban J connectivity index is 2.02. The summed E-state index contributed by atoms with van der Waals surface area (Å²) in [5.74, 6) is -0.232. The molecule has 0 radical (unpaired) electrons. The summed E-state index contributed by atoms with van der Waals surface area (Å²) >= 11 is 12.9. The number of halogens is 2. The summed E-state index contributed by atoms with van der Waals surface area (Å²) in [5.41, 5.74) is 0.784. The maximum atomic E-state index is 11.8. The van der Waals surface area contributed by atoms with Crippen LogP contribution in [0.5, 0.6) is 0 Å². The maximum Gasteiger partial charge on any atom is 0.261 e. The van der Waals surface area contributed by atoms with Gasteiger partial charge in [0.15, 0.2) is 6.29 Å². The van der Waals surface area contributed by atoms with Crippen molar-refractivity contribution in [2.45, 2.75) is 6.54 Å². The van der Waals surface area contributed by atoms with Crippen molar-refractivity contribution in [3.05, 3.63) is 55.7 Å². The van der Waals surface area contributed by atoms with E-state index in [1.165, 1.54) is 0 Å². The third kappa shape index (κ3) is 3.56. The molecule has 3 nitrogen and oxygen atoms in total. The molecule has 0 unspecified atom stereocenters. The van der Waals surface area contributed by atoms with Crippen LogP contribution in [-0.2, 0) is 6.54 Å². The van der Waals surface area contributed by atoms with E-state index in [9.17, 15) is 9.59 Å². The van der Waals surface area contributed by atoms with Crippen LogP contribution in [-0.4, -0.2) is 12.2 Å². The van der Waals surface area contributed by atoms with Gasteiger partial charge in [0.1, 0.15) is 0 Å². The fourth-order valence-corrected chi connectivity index (χ4v) is 2.68. The topological polar surface area (TPSA) is 46.2 Å². The quantitative estimate of drug-likeness (QED) is 0.873. The number of benzene rings is 1. The van der Waals surface area contributed by atoms with Crippen molar-refractivity contribution in [3.8, 4) is 0 Å². The minimum atomic E-state index is -0.232. The molecule has 19 heavy (non-hydrogen) atoms. The fraction of sp³-hybridized carbons (Fsp3) is 0.0769. The van der Waals surface area contributed by atoms with Crippen LogP contribution in [0.15, 0.2) is 30.3 Å². The lowest BCUT2D eigenvalue weighted by Gasteiger charge is -2.06. The molecule has 0 saturated carbocycles. The van der Waals surface area contributed by atoms with Crippen molar-refractivity contribution in [3.63, 3.8) is 0 Å². The predicted octanol–water partition coefficient (Wildman–Crippen LogP) is 3.80. The van der Waals surface area contributed by atoms with Gasteiger partial charge in [-0.3, -0.25) is 9.59 Å². The molecule has 0 atom stereocenters. The molecule has 0 spiro atoms. The first kappa shape index (κ1) is 14.1. The van der Waals surface area contributed by atoms with E-state index < -0.39 is 0 Å². The summed E-state index contributed by atoms with van der Waals surface area (Å²) in [7, 11) is 0. The zero-order chi connectivity index (χ0) is 13.8. The van der Waals surface area contributed by atoms with Gasteiger partial charge in [-0.15, -0.1) is 11.3 Å². The smallest absolute Gasteiger partial charge is 0.261 e. The molecule has 0 saturated heterocycles. The molecule has 0 bridgehead atoms. The number of rotatable bonds is 4. The van der Waals surface area contributed by atoms with Crippen molar-refractivity contribution in [1.82, 2.24) is 5.32 Å². The van der Waals surface area contributed by atoms with Gasteiger partial charge in [-0.2, -0.15) is 0 Å². The molecule has 0 aliphatic heterocycles. The van der Waals surface area contributed by atoms with E-state index in [1.54, 1.807) is 30.3 Å². The number of nitrogens with one attached hydrogen (secondary N) is 1. The Labute approximate surface area is 124 Å². The summed E-state index contributed by atoms with van der Waals surface area (Å²) in [5, 5.41) is 3.80. The van der Waals surface area contributed by atoms with E-state index in [2.05, 4.69) is 5.32 Å². The standard InChI is InChI=1S/C13H9Cl2NO2S/c14-9-2-1-8(11(15)5-9)6-16-13(18)12-4-3-10(7-17)19-12/h1-5,7H,6H2,(H,16,18). The highest BCUT2D eigenvalue weighted by Gasteiger charge is 2.09. The van der Waals surface area contributed by atoms with Crippen LogP contribution in [0.4, 0.5) is 0 Å². The largest absolute Gasteiger partial charge is 0.347 e. The molecule has 1 aromatic heterocycles. The number of carbonyl (C=O) groups excluding carboxylic acids is 2. The number of hydrogen-bond donors (Lipinski definition) is 1. The van der Waals surface area contributed by atoms with Gasteiger partial charge in [0.05, 0.1) is 9.75 Å². The number of carbonyl (C=O) groups is 2. The van der Waals surface area contributed by atoms with Crippen molar-refractivity contribution in [2.75, 3.05) is 0 Å². The highest BCUT2D eigenvalue weighted by atomic mass is 35.5. The van der Waals surface area contributed by atoms with Gasteiger partial charge in [-0.25, -0.2) is 0 Å². The highest BCUT2D eigenvalue weighted by Crippen LogP contribution is 2.21. The monoisotopic (exact) mass is 313 g/mol. The number of amides is 1. The zero-order valence-corrected chi connectivity index (χ0v) is 12.0. The van der Waals surface area contributed by atoms with E-state index in [0.717, 1.165) is 23.2 Å². The molecule has 1 heterocycles. The lowest BCUT2D eigenvalue weighted by molar-refractivity contribution is 0.0955. The zero-order valence-electron chi connectivity index (χ0n) is 9.65. The molecule has 2 rings (SSSR count). The van der Waals surface area contributed by atoms with Crippen LogP contribution < -0.4 is 5.32 Å². The molecule has 1 N–H and O–H groups in total. The van der Waals surface area contributed by atoms with Gasteiger partial charge in [0.25, 0.3) is 5.91 Å². The Morgan fingerprint density at radius 2 is 2.05 bits per heavy atom. The highest BCUT2D eigenvalue weighted by molar-refractivity contribution is 7.15. The molecule has 1 amide bonds. The molecular formula is C13H9Cl2NO2S. The van der Waals surface area contributed by atoms with Crippen LogP contribution >= 0.6 is 34.5 Å². The van der Waals surface area contributed by atoms with Crippen molar-refractivity contribution in [2.24, 2.45) is 0 Å². The Morgan fingerprint density at radius 3 is 2.68 bits per heavy atom. The SMILES string of the molecule is O=Cc1ccc(C(=O)NCc2ccc(Cl)cc2Cl)s1. The maximum absolute atomic E-state index is 11.8. The van der Waals surface area contributed by atoms with Crippen molar-refractivity contribution >= 4 is 46.7 Å². The first-order chi connectivity index (χ1) is 9.10. The Bertz CT molecular complexity index is 625. The average molecular weight is 314 g/mol. The summed E-state index contributed by atoms with van der Waals surface area (Å²) in [4.78, 5) is 23.4. The molecule has 98 valence electrons. The molecular weight excluding hydrogens is 305 g/mol. The minimum absolute atomic E-state index is 0.232. The Morgan fingerprint density at radius 1 is 1.26 bits per heavy atom. The second-order valence-electron chi connectivity index (χ2n) is 3.74. The molecule has 0 aliphatic rings. The minimum Gasteiger partial charge on any atom is -0.347 e. The first-order valence-corrected chi connectivity index (χ1v) is 6.94. The van der Waals surface area contributed by atoms with Gasteiger partial charge in [0, 0.05) is 16.6 Å². The third-order valence-corrected chi connectivity index (χ3v) is 4.02.